The number of hydrogen-bond donors (Lipinski definition) is 0. The summed E-state index contributed by atoms with van der Waals surface area (Å²) in [6, 6.07) is 8.27. The SMILES string of the molecule is COc1cccc2c(N3CCC4(CC3)OCC(C)O4)cc(C)nc12. The van der Waals surface area contributed by atoms with Crippen LogP contribution in [-0.2, 0) is 9.47 Å². The van der Waals surface area contributed by atoms with Crippen molar-refractivity contribution >= 4 is 16.6 Å². The van der Waals surface area contributed by atoms with E-state index in [0.717, 1.165) is 48.3 Å². The predicted molar refractivity (Wildman–Crippen MR) is 93.7 cm³/mol. The molecule has 2 aliphatic rings. The zero-order chi connectivity index (χ0) is 16.7. The van der Waals surface area contributed by atoms with Crippen LogP contribution in [0.15, 0.2) is 24.3 Å². The minimum atomic E-state index is -0.370. The molecule has 1 spiro atoms. The van der Waals surface area contributed by atoms with Gasteiger partial charge in [-0.05, 0) is 26.0 Å². The number of aromatic nitrogens is 1. The van der Waals surface area contributed by atoms with Crippen LogP contribution in [-0.4, -0.2) is 43.7 Å². The molecule has 0 aliphatic carbocycles. The van der Waals surface area contributed by atoms with E-state index in [2.05, 4.69) is 28.9 Å². The molecule has 2 saturated heterocycles. The molecule has 1 unspecified atom stereocenters. The van der Waals surface area contributed by atoms with E-state index in [0.29, 0.717) is 6.61 Å². The minimum absolute atomic E-state index is 0.199. The van der Waals surface area contributed by atoms with Gasteiger partial charge in [0.05, 0.1) is 19.8 Å². The van der Waals surface area contributed by atoms with E-state index < -0.39 is 0 Å². The highest BCUT2D eigenvalue weighted by atomic mass is 16.7. The summed E-state index contributed by atoms with van der Waals surface area (Å²) >= 11 is 0. The van der Waals surface area contributed by atoms with Crippen molar-refractivity contribution in [2.75, 3.05) is 31.7 Å². The van der Waals surface area contributed by atoms with Crippen molar-refractivity contribution in [1.29, 1.82) is 0 Å². The molecular formula is C19H24N2O3. The molecule has 3 heterocycles. The number of nitrogens with zero attached hydrogens (tertiary/aromatic N) is 2. The topological polar surface area (TPSA) is 43.8 Å². The number of ether oxygens (including phenoxy) is 3. The van der Waals surface area contributed by atoms with Crippen molar-refractivity contribution in [3.8, 4) is 5.75 Å². The summed E-state index contributed by atoms with van der Waals surface area (Å²) < 4.78 is 17.5. The van der Waals surface area contributed by atoms with Gasteiger partial charge in [-0.1, -0.05) is 12.1 Å². The third kappa shape index (κ3) is 2.62. The third-order valence-corrected chi connectivity index (χ3v) is 4.99. The molecule has 0 radical (unpaired) electrons. The number of piperidine rings is 1. The fraction of sp³-hybridized carbons (Fsp3) is 0.526. The lowest BCUT2D eigenvalue weighted by atomic mass is 10.0. The van der Waals surface area contributed by atoms with Crippen LogP contribution in [0.4, 0.5) is 5.69 Å². The van der Waals surface area contributed by atoms with E-state index in [1.54, 1.807) is 7.11 Å². The second kappa shape index (κ2) is 5.90. The number of pyridine rings is 1. The van der Waals surface area contributed by atoms with Crippen molar-refractivity contribution < 1.29 is 14.2 Å². The molecule has 128 valence electrons. The molecule has 2 aromatic rings. The first-order valence-electron chi connectivity index (χ1n) is 8.61. The number of hydrogen-bond acceptors (Lipinski definition) is 5. The number of benzene rings is 1. The summed E-state index contributed by atoms with van der Waals surface area (Å²) in [7, 11) is 1.69. The highest BCUT2D eigenvalue weighted by Crippen LogP contribution is 2.38. The lowest BCUT2D eigenvalue weighted by molar-refractivity contribution is -0.178. The fourth-order valence-electron chi connectivity index (χ4n) is 3.81. The number of para-hydroxylation sites is 1. The van der Waals surface area contributed by atoms with Crippen LogP contribution in [0.1, 0.15) is 25.5 Å². The van der Waals surface area contributed by atoms with Gasteiger partial charge < -0.3 is 19.1 Å². The van der Waals surface area contributed by atoms with Crippen LogP contribution < -0.4 is 9.64 Å². The molecule has 1 aromatic carbocycles. The second-order valence-electron chi connectivity index (χ2n) is 6.78. The van der Waals surface area contributed by atoms with E-state index in [1.807, 2.05) is 19.1 Å². The zero-order valence-corrected chi connectivity index (χ0v) is 14.5. The van der Waals surface area contributed by atoms with Crippen molar-refractivity contribution in [2.45, 2.75) is 38.6 Å². The Morgan fingerprint density at radius 3 is 2.75 bits per heavy atom. The number of rotatable bonds is 2. The van der Waals surface area contributed by atoms with Crippen LogP contribution in [0.5, 0.6) is 5.75 Å². The summed E-state index contributed by atoms with van der Waals surface area (Å²) in [6.45, 7) is 6.65. The summed E-state index contributed by atoms with van der Waals surface area (Å²) in [6.07, 6.45) is 1.98. The van der Waals surface area contributed by atoms with Crippen molar-refractivity contribution in [1.82, 2.24) is 4.98 Å². The van der Waals surface area contributed by atoms with Gasteiger partial charge in [0, 0.05) is 42.7 Å². The van der Waals surface area contributed by atoms with Gasteiger partial charge in [-0.2, -0.15) is 0 Å². The Kier molecular flexibility index (Phi) is 3.85. The van der Waals surface area contributed by atoms with E-state index >= 15 is 0 Å². The normalized spacial score (nSPS) is 23.1. The van der Waals surface area contributed by atoms with Gasteiger partial charge in [0.25, 0.3) is 0 Å². The van der Waals surface area contributed by atoms with E-state index in [4.69, 9.17) is 14.2 Å². The Labute approximate surface area is 142 Å². The largest absolute Gasteiger partial charge is 0.494 e. The lowest BCUT2D eigenvalue weighted by Crippen LogP contribution is -2.45. The van der Waals surface area contributed by atoms with Gasteiger partial charge in [0.1, 0.15) is 11.3 Å². The molecule has 0 saturated carbocycles. The maximum absolute atomic E-state index is 6.04. The van der Waals surface area contributed by atoms with Crippen molar-refractivity contribution in [3.63, 3.8) is 0 Å². The molecule has 24 heavy (non-hydrogen) atoms. The average Bonchev–Trinajstić information content (AvgIpc) is 2.95. The first kappa shape index (κ1) is 15.7. The predicted octanol–water partition coefficient (Wildman–Crippen LogP) is 3.28. The average molecular weight is 328 g/mol. The van der Waals surface area contributed by atoms with Crippen LogP contribution >= 0.6 is 0 Å². The van der Waals surface area contributed by atoms with Crippen LogP contribution in [0.25, 0.3) is 10.9 Å². The Morgan fingerprint density at radius 2 is 2.08 bits per heavy atom. The van der Waals surface area contributed by atoms with E-state index in [-0.39, 0.29) is 11.9 Å². The molecule has 1 atom stereocenters. The Bertz CT molecular complexity index is 754. The maximum Gasteiger partial charge on any atom is 0.172 e. The molecule has 0 amide bonds. The Morgan fingerprint density at radius 1 is 1.29 bits per heavy atom. The first-order chi connectivity index (χ1) is 11.6. The van der Waals surface area contributed by atoms with Crippen LogP contribution in [0.2, 0.25) is 0 Å². The number of anilines is 1. The summed E-state index contributed by atoms with van der Waals surface area (Å²) in [5, 5.41) is 1.14. The molecule has 5 nitrogen and oxygen atoms in total. The molecule has 2 fully saturated rings. The maximum atomic E-state index is 6.04. The second-order valence-corrected chi connectivity index (χ2v) is 6.78. The number of methoxy groups -OCH3 is 1. The summed E-state index contributed by atoms with van der Waals surface area (Å²) in [5.41, 5.74) is 3.15. The van der Waals surface area contributed by atoms with Gasteiger partial charge in [0.15, 0.2) is 5.79 Å². The molecule has 2 aliphatic heterocycles. The Balaban J connectivity index is 1.65. The fourth-order valence-corrected chi connectivity index (χ4v) is 3.81. The third-order valence-electron chi connectivity index (χ3n) is 4.99. The monoisotopic (exact) mass is 328 g/mol. The van der Waals surface area contributed by atoms with Crippen LogP contribution in [0, 0.1) is 6.92 Å². The molecule has 1 aromatic heterocycles. The highest BCUT2D eigenvalue weighted by molar-refractivity contribution is 5.95. The van der Waals surface area contributed by atoms with Gasteiger partial charge in [0.2, 0.25) is 0 Å². The summed E-state index contributed by atoms with van der Waals surface area (Å²) in [5.74, 6) is 0.452. The van der Waals surface area contributed by atoms with Gasteiger partial charge in [-0.3, -0.25) is 0 Å². The highest BCUT2D eigenvalue weighted by Gasteiger charge is 2.42. The number of aryl methyl sites for hydroxylation is 1. The smallest absolute Gasteiger partial charge is 0.172 e. The van der Waals surface area contributed by atoms with E-state index in [1.165, 1.54) is 5.69 Å². The quantitative estimate of drug-likeness (QED) is 0.846. The number of fused-ring (bicyclic) bond motifs is 1. The van der Waals surface area contributed by atoms with Gasteiger partial charge >= 0.3 is 0 Å². The minimum Gasteiger partial charge on any atom is -0.494 e. The molecule has 4 rings (SSSR count). The molecule has 0 bridgehead atoms. The Hall–Kier alpha value is -1.85. The summed E-state index contributed by atoms with van der Waals surface area (Å²) in [4.78, 5) is 7.10. The molecule has 0 N–H and O–H groups in total. The van der Waals surface area contributed by atoms with Gasteiger partial charge in [-0.25, -0.2) is 4.98 Å². The van der Waals surface area contributed by atoms with Crippen LogP contribution in [0.3, 0.4) is 0 Å². The van der Waals surface area contributed by atoms with Gasteiger partial charge in [-0.15, -0.1) is 0 Å². The first-order valence-corrected chi connectivity index (χ1v) is 8.61. The van der Waals surface area contributed by atoms with Crippen molar-refractivity contribution in [3.05, 3.63) is 30.0 Å². The molecular weight excluding hydrogens is 304 g/mol. The van der Waals surface area contributed by atoms with Crippen molar-refractivity contribution in [2.24, 2.45) is 0 Å². The standard InChI is InChI=1S/C19H24N2O3/c1-13-11-16(15-5-4-6-17(22-3)18(15)20-13)21-9-7-19(8-10-21)23-12-14(2)24-19/h4-6,11,14H,7-10,12H2,1-3H3. The molecule has 5 heteroatoms. The lowest BCUT2D eigenvalue weighted by Gasteiger charge is -2.39. The van der Waals surface area contributed by atoms with E-state index in [9.17, 15) is 0 Å². The zero-order valence-electron chi connectivity index (χ0n) is 14.5.